The van der Waals surface area contributed by atoms with Gasteiger partial charge in [0.05, 0.1) is 23.8 Å². The van der Waals surface area contributed by atoms with Crippen molar-refractivity contribution in [3.05, 3.63) is 107 Å². The van der Waals surface area contributed by atoms with Crippen molar-refractivity contribution in [2.24, 2.45) is 5.92 Å². The van der Waals surface area contributed by atoms with Crippen LogP contribution >= 0.6 is 0 Å². The molecule has 4 aliphatic rings. The van der Waals surface area contributed by atoms with Gasteiger partial charge in [-0.2, -0.15) is 0 Å². The average Bonchev–Trinajstić information content (AvgIpc) is 3.92. The molecule has 1 atom stereocenters. The number of carbonyl (C=O) groups is 3. The minimum absolute atomic E-state index is 0.00357. The summed E-state index contributed by atoms with van der Waals surface area (Å²) in [6, 6.07) is 22.5. The number of amides is 2. The lowest BCUT2D eigenvalue weighted by Gasteiger charge is -2.43. The number of aromatic nitrogens is 5. The number of benzene rings is 4. The summed E-state index contributed by atoms with van der Waals surface area (Å²) in [5, 5.41) is 52.2. The van der Waals surface area contributed by atoms with E-state index in [0.717, 1.165) is 125 Å². The molecule has 3 saturated heterocycles. The number of ketones is 1. The topological polar surface area (TPSA) is 221 Å². The standard InChI is InChI=1S/C57H71N13O6/c1-4-39-30-44(50(74)32-49(39)73)54-63-64-55(56(76)59-6-3)70(54)41-13-11-37(12-14-41)33-65-25-27-66(28-26-65)34-38-16-21-68(22-17-38)51(75)15-18-60-57-61-45-35-69(46-31-42(71)29-40-9-7-8-10-43(40)46)36-47(67-23-19-58-20-24-67)52(45)53(62-57)48(72)5-2/h7-14,29-32,38,47,58,71,73-74H,4-6,15-28,33-36H2,1-3H3,(H,59,76)(H,60,61,62). The fourth-order valence-electron chi connectivity index (χ4n) is 11.5. The fourth-order valence-corrected chi connectivity index (χ4v) is 11.5. The second-order valence-corrected chi connectivity index (χ2v) is 20.5. The summed E-state index contributed by atoms with van der Waals surface area (Å²) >= 11 is 0. The Morgan fingerprint density at radius 3 is 2.29 bits per heavy atom. The van der Waals surface area contributed by atoms with Crippen molar-refractivity contribution in [2.75, 3.05) is 102 Å². The monoisotopic (exact) mass is 1030 g/mol. The van der Waals surface area contributed by atoms with Gasteiger partial charge >= 0.3 is 0 Å². The number of phenolic OH excluding ortho intramolecular Hbond substituents is 3. The number of hydrogen-bond donors (Lipinski definition) is 6. The molecule has 76 heavy (non-hydrogen) atoms. The van der Waals surface area contributed by atoms with Crippen molar-refractivity contribution < 1.29 is 29.7 Å². The van der Waals surface area contributed by atoms with E-state index in [4.69, 9.17) is 9.97 Å². The molecule has 6 heterocycles. The highest BCUT2D eigenvalue weighted by atomic mass is 16.3. The molecular weight excluding hydrogens is 963 g/mol. The van der Waals surface area contributed by atoms with Gasteiger partial charge in [0.1, 0.15) is 22.9 Å². The number of nitrogens with zero attached hydrogens (tertiary/aromatic N) is 10. The molecule has 400 valence electrons. The molecule has 2 amide bonds. The maximum Gasteiger partial charge on any atom is 0.289 e. The highest BCUT2D eigenvalue weighted by Gasteiger charge is 2.37. The molecule has 1 unspecified atom stereocenters. The summed E-state index contributed by atoms with van der Waals surface area (Å²) in [7, 11) is 0. The normalized spacial score (nSPS) is 18.0. The molecule has 6 N–H and O–H groups in total. The minimum Gasteiger partial charge on any atom is -0.508 e. The molecule has 19 nitrogen and oxygen atoms in total. The lowest BCUT2D eigenvalue weighted by Crippen LogP contribution is -2.50. The van der Waals surface area contributed by atoms with Crippen molar-refractivity contribution in [1.82, 2.24) is 55.0 Å². The predicted octanol–water partition coefficient (Wildman–Crippen LogP) is 5.72. The third-order valence-electron chi connectivity index (χ3n) is 15.6. The summed E-state index contributed by atoms with van der Waals surface area (Å²) in [5.41, 5.74) is 5.88. The van der Waals surface area contributed by atoms with Gasteiger partial charge in [-0.1, -0.05) is 50.2 Å². The number of piperazine rings is 2. The number of phenols is 3. The predicted molar refractivity (Wildman–Crippen MR) is 292 cm³/mol. The van der Waals surface area contributed by atoms with Gasteiger partial charge in [-0.3, -0.25) is 28.8 Å². The van der Waals surface area contributed by atoms with E-state index in [2.05, 4.69) is 63.9 Å². The molecule has 0 spiro atoms. The van der Waals surface area contributed by atoms with Gasteiger partial charge in [-0.05, 0) is 72.9 Å². The van der Waals surface area contributed by atoms with Gasteiger partial charge in [0, 0.05) is 145 Å². The number of fused-ring (bicyclic) bond motifs is 2. The summed E-state index contributed by atoms with van der Waals surface area (Å²) in [5.74, 6) is 1.01. The number of aryl methyl sites for hydroxylation is 1. The van der Waals surface area contributed by atoms with Crippen LogP contribution in [0.2, 0.25) is 0 Å². The third kappa shape index (κ3) is 11.3. The molecule has 19 heteroatoms. The molecule has 0 bridgehead atoms. The van der Waals surface area contributed by atoms with Crippen LogP contribution in [0.4, 0.5) is 11.6 Å². The molecule has 4 aliphatic heterocycles. The van der Waals surface area contributed by atoms with Gasteiger partial charge in [0.25, 0.3) is 5.91 Å². The van der Waals surface area contributed by atoms with Crippen LogP contribution in [0.5, 0.6) is 17.2 Å². The molecule has 6 aromatic rings. The Kier molecular flexibility index (Phi) is 16.1. The van der Waals surface area contributed by atoms with Crippen LogP contribution in [0.1, 0.15) is 96.0 Å². The number of hydrogen-bond acceptors (Lipinski definition) is 16. The van der Waals surface area contributed by atoms with Gasteiger partial charge in [-0.15, -0.1) is 10.2 Å². The largest absolute Gasteiger partial charge is 0.508 e. The smallest absolute Gasteiger partial charge is 0.289 e. The van der Waals surface area contributed by atoms with Gasteiger partial charge in [0.2, 0.25) is 17.7 Å². The first kappa shape index (κ1) is 52.3. The van der Waals surface area contributed by atoms with Crippen molar-refractivity contribution in [2.45, 2.75) is 72.0 Å². The molecule has 2 aromatic heterocycles. The quantitative estimate of drug-likeness (QED) is 0.0602. The zero-order chi connectivity index (χ0) is 52.9. The Morgan fingerprint density at radius 2 is 1.55 bits per heavy atom. The second-order valence-electron chi connectivity index (χ2n) is 20.5. The van der Waals surface area contributed by atoms with E-state index in [1.807, 2.05) is 62.1 Å². The lowest BCUT2D eigenvalue weighted by molar-refractivity contribution is -0.132. The van der Waals surface area contributed by atoms with E-state index in [9.17, 15) is 29.7 Å². The first-order valence-corrected chi connectivity index (χ1v) is 27.2. The number of anilines is 2. The number of likely N-dealkylation sites (tertiary alicyclic amines) is 1. The molecule has 10 rings (SSSR count). The van der Waals surface area contributed by atoms with E-state index in [1.165, 1.54) is 6.07 Å². The summed E-state index contributed by atoms with van der Waals surface area (Å²) in [4.78, 5) is 62.1. The van der Waals surface area contributed by atoms with Crippen LogP contribution in [-0.4, -0.2) is 169 Å². The molecule has 4 aromatic carbocycles. The van der Waals surface area contributed by atoms with Crippen LogP contribution < -0.4 is 20.9 Å². The molecule has 3 fully saturated rings. The van der Waals surface area contributed by atoms with Crippen LogP contribution in [0.25, 0.3) is 27.8 Å². The number of aromatic hydroxyl groups is 3. The van der Waals surface area contributed by atoms with Gasteiger partial charge < -0.3 is 46.0 Å². The average molecular weight is 1030 g/mol. The van der Waals surface area contributed by atoms with Crippen LogP contribution in [-0.2, 0) is 24.3 Å². The van der Waals surface area contributed by atoms with E-state index in [1.54, 1.807) is 16.7 Å². The summed E-state index contributed by atoms with van der Waals surface area (Å²) < 4.78 is 1.65. The number of piperidine rings is 1. The van der Waals surface area contributed by atoms with Crippen molar-refractivity contribution >= 4 is 40.0 Å². The molecular formula is C57H71N13O6. The van der Waals surface area contributed by atoms with Crippen LogP contribution in [0, 0.1) is 5.92 Å². The zero-order valence-electron chi connectivity index (χ0n) is 44.0. The highest BCUT2D eigenvalue weighted by molar-refractivity contribution is 5.98. The number of Topliss-reactive ketones (excluding diaryl/α,β-unsaturated/α-hetero) is 1. The molecule has 0 radical (unpaired) electrons. The van der Waals surface area contributed by atoms with Crippen LogP contribution in [0.15, 0.2) is 72.8 Å². The summed E-state index contributed by atoms with van der Waals surface area (Å²) in [6.45, 7) is 17.9. The number of nitrogens with one attached hydrogen (secondary N) is 3. The third-order valence-corrected chi connectivity index (χ3v) is 15.6. The molecule has 0 aliphatic carbocycles. The maximum atomic E-state index is 13.7. The summed E-state index contributed by atoms with van der Waals surface area (Å²) in [6.07, 6.45) is 3.08. The second kappa shape index (κ2) is 23.4. The maximum absolute atomic E-state index is 13.7. The van der Waals surface area contributed by atoms with Crippen molar-refractivity contribution in [1.29, 1.82) is 0 Å². The lowest BCUT2D eigenvalue weighted by atomic mass is 9.92. The van der Waals surface area contributed by atoms with E-state index < -0.39 is 0 Å². The Balaban J connectivity index is 0.718. The fraction of sp³-hybridized carbons (Fsp3) is 0.456. The van der Waals surface area contributed by atoms with Gasteiger partial charge in [-0.25, -0.2) is 9.97 Å². The van der Waals surface area contributed by atoms with E-state index in [0.29, 0.717) is 85.6 Å². The Morgan fingerprint density at radius 1 is 0.803 bits per heavy atom. The van der Waals surface area contributed by atoms with Crippen LogP contribution in [0.3, 0.4) is 0 Å². The van der Waals surface area contributed by atoms with Crippen molar-refractivity contribution in [3.8, 4) is 34.3 Å². The van der Waals surface area contributed by atoms with Gasteiger partial charge in [0.15, 0.2) is 11.6 Å². The first-order valence-electron chi connectivity index (χ1n) is 27.2. The Labute approximate surface area is 443 Å². The highest BCUT2D eigenvalue weighted by Crippen LogP contribution is 2.40. The number of carbonyl (C=O) groups excluding carboxylic acids is 3. The Bertz CT molecular complexity index is 3050. The SMILES string of the molecule is CCNC(=O)c1nnc(-c2cc(CC)c(O)cc2O)n1-c1ccc(CN2CCN(CC3CCN(C(=O)CCNc4nc5c(c(C(=O)CC)n4)C(N4CCNCC4)CN(c4cc(O)cc6ccccc46)C5)CC3)CC2)cc1. The Hall–Kier alpha value is -7.19. The van der Waals surface area contributed by atoms with E-state index >= 15 is 0 Å². The zero-order valence-corrected chi connectivity index (χ0v) is 44.0. The molecule has 0 saturated carbocycles. The first-order chi connectivity index (χ1) is 37.0. The minimum atomic E-state index is -0.380. The number of rotatable bonds is 17. The van der Waals surface area contributed by atoms with E-state index in [-0.39, 0.29) is 46.7 Å². The van der Waals surface area contributed by atoms with Crippen molar-refractivity contribution in [3.63, 3.8) is 0 Å².